The van der Waals surface area contributed by atoms with Gasteiger partial charge in [-0.15, -0.1) is 11.3 Å². The van der Waals surface area contributed by atoms with Crippen LogP contribution in [-0.4, -0.2) is 22.6 Å². The number of anilines is 1. The Morgan fingerprint density at radius 2 is 2.14 bits per heavy atom. The fourth-order valence-electron chi connectivity index (χ4n) is 2.25. The molecule has 0 unspecified atom stereocenters. The first kappa shape index (κ1) is 14.1. The van der Waals surface area contributed by atoms with Gasteiger partial charge in [0.05, 0.1) is 5.69 Å². The van der Waals surface area contributed by atoms with Crippen LogP contribution in [0.2, 0.25) is 0 Å². The highest BCUT2D eigenvalue weighted by molar-refractivity contribution is 7.21. The van der Waals surface area contributed by atoms with Gasteiger partial charge in [-0.1, -0.05) is 0 Å². The van der Waals surface area contributed by atoms with E-state index >= 15 is 0 Å². The molecule has 0 aliphatic heterocycles. The number of fused-ring (bicyclic) bond motifs is 1. The zero-order valence-electron chi connectivity index (χ0n) is 11.0. The summed E-state index contributed by atoms with van der Waals surface area (Å²) < 4.78 is 38.7. The number of hydrogen-bond acceptors (Lipinski definition) is 4. The van der Waals surface area contributed by atoms with Crippen molar-refractivity contribution in [2.75, 3.05) is 5.73 Å². The number of nitrogen functional groups attached to an aromatic ring is 1. The number of aryl methyl sites for hydroxylation is 1. The standard InChI is InChI=1S/C13H12F3N3OS/c1-6-2-5-18-11-7(6)8(17)9(21-11)10(20)19-12(3-4-12)13(14,15)16/h2,5H,3-4,17H2,1H3,(H,19,20). The highest BCUT2D eigenvalue weighted by Crippen LogP contribution is 2.49. The number of carbonyl (C=O) groups is 1. The molecule has 2 aromatic rings. The van der Waals surface area contributed by atoms with Gasteiger partial charge in [-0.05, 0) is 31.4 Å². The van der Waals surface area contributed by atoms with Crippen LogP contribution in [-0.2, 0) is 0 Å². The molecule has 3 rings (SSSR count). The quantitative estimate of drug-likeness (QED) is 0.895. The maximum atomic E-state index is 12.9. The summed E-state index contributed by atoms with van der Waals surface area (Å²) in [5.74, 6) is -0.787. The van der Waals surface area contributed by atoms with E-state index in [1.165, 1.54) is 0 Å². The van der Waals surface area contributed by atoms with Crippen molar-refractivity contribution in [2.45, 2.75) is 31.5 Å². The molecule has 112 valence electrons. The average molecular weight is 315 g/mol. The average Bonchev–Trinajstić information content (AvgIpc) is 3.08. The second kappa shape index (κ2) is 4.33. The number of thiophene rings is 1. The first-order valence-corrected chi connectivity index (χ1v) is 7.10. The third kappa shape index (κ3) is 2.14. The Morgan fingerprint density at radius 1 is 1.48 bits per heavy atom. The van der Waals surface area contributed by atoms with Crippen molar-refractivity contribution in [1.82, 2.24) is 10.3 Å². The van der Waals surface area contributed by atoms with Gasteiger partial charge in [0, 0.05) is 11.6 Å². The number of nitrogens with two attached hydrogens (primary N) is 1. The van der Waals surface area contributed by atoms with Crippen LogP contribution in [0.4, 0.5) is 18.9 Å². The summed E-state index contributed by atoms with van der Waals surface area (Å²) in [5, 5.41) is 2.71. The number of alkyl halides is 3. The van der Waals surface area contributed by atoms with Crippen LogP contribution < -0.4 is 11.1 Å². The number of pyridine rings is 1. The van der Waals surface area contributed by atoms with E-state index in [1.807, 2.05) is 6.92 Å². The molecule has 1 saturated carbocycles. The topological polar surface area (TPSA) is 68.0 Å². The third-order valence-electron chi connectivity index (χ3n) is 3.69. The van der Waals surface area contributed by atoms with Gasteiger partial charge in [0.15, 0.2) is 0 Å². The lowest BCUT2D eigenvalue weighted by Gasteiger charge is -2.20. The number of halogens is 3. The molecule has 0 atom stereocenters. The number of nitrogens with zero attached hydrogens (tertiary/aromatic N) is 1. The molecule has 0 radical (unpaired) electrons. The predicted octanol–water partition coefficient (Wildman–Crippen LogP) is 3.01. The van der Waals surface area contributed by atoms with Crippen molar-refractivity contribution in [3.05, 3.63) is 22.7 Å². The number of amides is 1. The van der Waals surface area contributed by atoms with Crippen LogP contribution in [0.15, 0.2) is 12.3 Å². The van der Waals surface area contributed by atoms with Gasteiger partial charge in [-0.25, -0.2) is 4.98 Å². The van der Waals surface area contributed by atoms with Crippen LogP contribution in [0.5, 0.6) is 0 Å². The summed E-state index contributed by atoms with van der Waals surface area (Å²) in [6.45, 7) is 1.81. The lowest BCUT2D eigenvalue weighted by molar-refractivity contribution is -0.163. The Morgan fingerprint density at radius 3 is 2.67 bits per heavy atom. The molecule has 1 amide bonds. The van der Waals surface area contributed by atoms with E-state index < -0.39 is 17.6 Å². The first-order valence-electron chi connectivity index (χ1n) is 6.28. The van der Waals surface area contributed by atoms with Crippen molar-refractivity contribution >= 4 is 33.1 Å². The van der Waals surface area contributed by atoms with Gasteiger partial charge >= 0.3 is 6.18 Å². The van der Waals surface area contributed by atoms with Crippen LogP contribution in [0, 0.1) is 6.92 Å². The number of aromatic nitrogens is 1. The zero-order chi connectivity index (χ0) is 15.4. The number of nitrogens with one attached hydrogen (secondary N) is 1. The van der Waals surface area contributed by atoms with Gasteiger partial charge in [0.1, 0.15) is 15.2 Å². The van der Waals surface area contributed by atoms with Crippen molar-refractivity contribution in [1.29, 1.82) is 0 Å². The molecule has 0 spiro atoms. The van der Waals surface area contributed by atoms with E-state index in [0.717, 1.165) is 16.9 Å². The Bertz CT molecular complexity index is 734. The lowest BCUT2D eigenvalue weighted by atomic mass is 10.1. The number of hydrogen-bond donors (Lipinski definition) is 2. The summed E-state index contributed by atoms with van der Waals surface area (Å²) in [7, 11) is 0. The SMILES string of the molecule is Cc1ccnc2sc(C(=O)NC3(C(F)(F)F)CC3)c(N)c12. The highest BCUT2D eigenvalue weighted by atomic mass is 32.1. The molecular weight excluding hydrogens is 303 g/mol. The van der Waals surface area contributed by atoms with Gasteiger partial charge in [0.25, 0.3) is 5.91 Å². The van der Waals surface area contributed by atoms with Crippen molar-refractivity contribution in [3.63, 3.8) is 0 Å². The van der Waals surface area contributed by atoms with Gasteiger partial charge in [-0.2, -0.15) is 13.2 Å². The van der Waals surface area contributed by atoms with Crippen molar-refractivity contribution in [3.8, 4) is 0 Å². The van der Waals surface area contributed by atoms with Crippen molar-refractivity contribution in [2.24, 2.45) is 0 Å². The zero-order valence-corrected chi connectivity index (χ0v) is 11.9. The third-order valence-corrected chi connectivity index (χ3v) is 4.80. The molecule has 1 aliphatic rings. The summed E-state index contributed by atoms with van der Waals surface area (Å²) in [6.07, 6.45) is -3.05. The van der Waals surface area contributed by atoms with E-state index in [4.69, 9.17) is 5.73 Å². The van der Waals surface area contributed by atoms with E-state index in [9.17, 15) is 18.0 Å². The molecule has 0 saturated heterocycles. The fourth-order valence-corrected chi connectivity index (χ4v) is 3.29. The molecule has 21 heavy (non-hydrogen) atoms. The molecule has 1 aliphatic carbocycles. The first-order chi connectivity index (χ1) is 9.75. The lowest BCUT2D eigenvalue weighted by Crippen LogP contribution is -2.47. The van der Waals surface area contributed by atoms with Gasteiger partial charge in [0.2, 0.25) is 0 Å². The van der Waals surface area contributed by atoms with Crippen LogP contribution >= 0.6 is 11.3 Å². The van der Waals surface area contributed by atoms with Gasteiger partial charge < -0.3 is 11.1 Å². The molecule has 0 aromatic carbocycles. The minimum atomic E-state index is -4.44. The van der Waals surface area contributed by atoms with E-state index in [0.29, 0.717) is 10.2 Å². The van der Waals surface area contributed by atoms with Crippen LogP contribution in [0.1, 0.15) is 28.1 Å². The largest absolute Gasteiger partial charge is 0.411 e. The molecule has 0 bridgehead atoms. The molecule has 1 fully saturated rings. The number of rotatable bonds is 2. The van der Waals surface area contributed by atoms with E-state index in [2.05, 4.69) is 10.3 Å². The predicted molar refractivity (Wildman–Crippen MR) is 74.3 cm³/mol. The van der Waals surface area contributed by atoms with Gasteiger partial charge in [-0.3, -0.25) is 4.79 Å². The Labute approximate surface area is 122 Å². The molecule has 2 heterocycles. The maximum absolute atomic E-state index is 12.9. The normalized spacial score (nSPS) is 17.0. The minimum Gasteiger partial charge on any atom is -0.397 e. The maximum Gasteiger partial charge on any atom is 0.411 e. The Hall–Kier alpha value is -1.83. The molecule has 3 N–H and O–H groups in total. The summed E-state index contributed by atoms with van der Waals surface area (Å²) in [6, 6.07) is 1.74. The van der Waals surface area contributed by atoms with E-state index in [1.54, 1.807) is 12.3 Å². The van der Waals surface area contributed by atoms with E-state index in [-0.39, 0.29) is 23.4 Å². The monoisotopic (exact) mass is 315 g/mol. The summed E-state index contributed by atoms with van der Waals surface area (Å²) in [4.78, 5) is 16.9. The fraction of sp³-hybridized carbons (Fsp3) is 0.385. The van der Waals surface area contributed by atoms with Crippen molar-refractivity contribution < 1.29 is 18.0 Å². The Balaban J connectivity index is 1.96. The van der Waals surface area contributed by atoms with Crippen LogP contribution in [0.25, 0.3) is 10.2 Å². The molecule has 2 aromatic heterocycles. The molecule has 4 nitrogen and oxygen atoms in total. The highest BCUT2D eigenvalue weighted by Gasteiger charge is 2.64. The van der Waals surface area contributed by atoms with Crippen LogP contribution in [0.3, 0.4) is 0 Å². The smallest absolute Gasteiger partial charge is 0.397 e. The summed E-state index contributed by atoms with van der Waals surface area (Å²) >= 11 is 1.01. The molecular formula is C13H12F3N3OS. The minimum absolute atomic E-state index is 0.0855. The number of carbonyl (C=O) groups excluding carboxylic acids is 1. The second-order valence-corrected chi connectivity index (χ2v) is 6.19. The molecule has 8 heteroatoms. The Kier molecular flexibility index (Phi) is 2.91. The summed E-state index contributed by atoms with van der Waals surface area (Å²) in [5.41, 5.74) is 4.86. The second-order valence-electron chi connectivity index (χ2n) is 5.19.